The lowest BCUT2D eigenvalue weighted by Crippen LogP contribution is -2.42. The number of guanidine groups is 1. The van der Waals surface area contributed by atoms with Crippen molar-refractivity contribution in [2.24, 2.45) is 4.99 Å². The summed E-state index contributed by atoms with van der Waals surface area (Å²) in [5, 5.41) is 6.75. The highest BCUT2D eigenvalue weighted by Crippen LogP contribution is 2.21. The first kappa shape index (κ1) is 19.5. The van der Waals surface area contributed by atoms with Crippen LogP contribution < -0.4 is 10.6 Å². The molecule has 6 heteroatoms. The van der Waals surface area contributed by atoms with Gasteiger partial charge in [-0.1, -0.05) is 12.8 Å². The average Bonchev–Trinajstić information content (AvgIpc) is 3.29. The molecular weight excluding hydrogens is 304 g/mol. The molecule has 1 atom stereocenters. The first-order chi connectivity index (χ1) is 11.8. The van der Waals surface area contributed by atoms with Gasteiger partial charge in [0.25, 0.3) is 0 Å². The average molecular weight is 341 g/mol. The summed E-state index contributed by atoms with van der Waals surface area (Å²) in [5.41, 5.74) is 0. The van der Waals surface area contributed by atoms with Gasteiger partial charge < -0.3 is 25.0 Å². The van der Waals surface area contributed by atoms with Crippen LogP contribution in [-0.2, 0) is 9.47 Å². The molecule has 1 unspecified atom stereocenters. The second-order valence-electron chi connectivity index (χ2n) is 6.91. The minimum absolute atomic E-state index is 0.323. The first-order valence-electron chi connectivity index (χ1n) is 9.63. The van der Waals surface area contributed by atoms with Crippen molar-refractivity contribution >= 4 is 5.96 Å². The molecule has 2 rings (SSSR count). The summed E-state index contributed by atoms with van der Waals surface area (Å²) in [6.45, 7) is 5.28. The molecule has 2 fully saturated rings. The van der Waals surface area contributed by atoms with Crippen LogP contribution in [0.3, 0.4) is 0 Å². The van der Waals surface area contributed by atoms with Gasteiger partial charge >= 0.3 is 0 Å². The molecule has 0 aromatic carbocycles. The van der Waals surface area contributed by atoms with Crippen LogP contribution in [0.25, 0.3) is 0 Å². The Kier molecular flexibility index (Phi) is 9.46. The summed E-state index contributed by atoms with van der Waals surface area (Å²) >= 11 is 0. The van der Waals surface area contributed by atoms with Crippen LogP contribution in [0.5, 0.6) is 0 Å². The van der Waals surface area contributed by atoms with Gasteiger partial charge in [0, 0.05) is 45.9 Å². The molecule has 0 aromatic rings. The van der Waals surface area contributed by atoms with Crippen molar-refractivity contribution in [3.8, 4) is 0 Å². The fourth-order valence-corrected chi connectivity index (χ4v) is 3.47. The van der Waals surface area contributed by atoms with Crippen molar-refractivity contribution in [2.75, 3.05) is 53.6 Å². The van der Waals surface area contributed by atoms with E-state index in [1.807, 2.05) is 7.05 Å². The number of rotatable bonds is 10. The highest BCUT2D eigenvalue weighted by molar-refractivity contribution is 5.79. The van der Waals surface area contributed by atoms with Gasteiger partial charge in [-0.15, -0.1) is 0 Å². The zero-order valence-electron chi connectivity index (χ0n) is 15.6. The molecule has 0 amide bonds. The van der Waals surface area contributed by atoms with Crippen LogP contribution in [0.15, 0.2) is 4.99 Å². The molecule has 0 bridgehead atoms. The topological polar surface area (TPSA) is 58.1 Å². The molecule has 140 valence electrons. The van der Waals surface area contributed by atoms with Crippen LogP contribution in [-0.4, -0.2) is 76.6 Å². The monoisotopic (exact) mass is 340 g/mol. The van der Waals surface area contributed by atoms with Crippen LogP contribution in [0, 0.1) is 0 Å². The molecule has 0 aromatic heterocycles. The maximum absolute atomic E-state index is 5.67. The molecule has 1 heterocycles. The van der Waals surface area contributed by atoms with Crippen molar-refractivity contribution in [1.29, 1.82) is 0 Å². The normalized spacial score (nSPS) is 22.5. The quantitative estimate of drug-likeness (QED) is 0.359. The lowest BCUT2D eigenvalue weighted by Gasteiger charge is -2.24. The van der Waals surface area contributed by atoms with Gasteiger partial charge in [-0.2, -0.15) is 0 Å². The van der Waals surface area contributed by atoms with Crippen molar-refractivity contribution in [3.05, 3.63) is 0 Å². The van der Waals surface area contributed by atoms with E-state index >= 15 is 0 Å². The van der Waals surface area contributed by atoms with E-state index in [1.54, 1.807) is 0 Å². The highest BCUT2D eigenvalue weighted by atomic mass is 16.5. The molecule has 0 spiro atoms. The standard InChI is InChI=1S/C18H36N4O2/c1-19-18(21-11-12-22(2)16-7-3-4-8-16)20-10-6-13-23-15-17-9-5-14-24-17/h16-17H,3-15H2,1-2H3,(H2,19,20,21). The van der Waals surface area contributed by atoms with Gasteiger partial charge in [-0.05, 0) is 39.2 Å². The van der Waals surface area contributed by atoms with Crippen molar-refractivity contribution < 1.29 is 9.47 Å². The first-order valence-corrected chi connectivity index (χ1v) is 9.63. The van der Waals surface area contributed by atoms with Gasteiger partial charge in [-0.3, -0.25) is 4.99 Å². The maximum atomic E-state index is 5.67. The Morgan fingerprint density at radius 3 is 2.67 bits per heavy atom. The van der Waals surface area contributed by atoms with Gasteiger partial charge in [-0.25, -0.2) is 0 Å². The van der Waals surface area contributed by atoms with Crippen LogP contribution in [0.2, 0.25) is 0 Å². The highest BCUT2D eigenvalue weighted by Gasteiger charge is 2.18. The molecule has 24 heavy (non-hydrogen) atoms. The van der Waals surface area contributed by atoms with E-state index in [1.165, 1.54) is 32.1 Å². The molecule has 6 nitrogen and oxygen atoms in total. The Balaban J connectivity index is 1.44. The summed E-state index contributed by atoms with van der Waals surface area (Å²) in [7, 11) is 4.06. The molecule has 1 saturated carbocycles. The molecule has 1 saturated heterocycles. The molecule has 1 aliphatic heterocycles. The Morgan fingerprint density at radius 1 is 1.17 bits per heavy atom. The Hall–Kier alpha value is -0.850. The van der Waals surface area contributed by atoms with E-state index in [4.69, 9.17) is 9.47 Å². The largest absolute Gasteiger partial charge is 0.379 e. The SMILES string of the molecule is CN=C(NCCCOCC1CCCO1)NCCN(C)C1CCCC1. The second kappa shape index (κ2) is 11.7. The third-order valence-electron chi connectivity index (χ3n) is 5.01. The predicted molar refractivity (Wildman–Crippen MR) is 98.7 cm³/mol. The van der Waals surface area contributed by atoms with Gasteiger partial charge in [0.15, 0.2) is 5.96 Å². The lowest BCUT2D eigenvalue weighted by atomic mass is 10.2. The number of hydrogen-bond donors (Lipinski definition) is 2. The Labute approximate surface area is 147 Å². The fraction of sp³-hybridized carbons (Fsp3) is 0.944. The van der Waals surface area contributed by atoms with E-state index in [9.17, 15) is 0 Å². The van der Waals surface area contributed by atoms with E-state index < -0.39 is 0 Å². The van der Waals surface area contributed by atoms with Crippen LogP contribution in [0.4, 0.5) is 0 Å². The zero-order chi connectivity index (χ0) is 17.0. The summed E-state index contributed by atoms with van der Waals surface area (Å²) in [4.78, 5) is 6.76. The van der Waals surface area contributed by atoms with Gasteiger partial charge in [0.1, 0.15) is 0 Å². The van der Waals surface area contributed by atoms with E-state index in [0.717, 1.165) is 64.3 Å². The van der Waals surface area contributed by atoms with E-state index in [-0.39, 0.29) is 0 Å². The maximum Gasteiger partial charge on any atom is 0.191 e. The summed E-state index contributed by atoms with van der Waals surface area (Å²) < 4.78 is 11.2. The van der Waals surface area contributed by atoms with Gasteiger partial charge in [0.2, 0.25) is 0 Å². The minimum Gasteiger partial charge on any atom is -0.379 e. The summed E-state index contributed by atoms with van der Waals surface area (Å²) in [6, 6.07) is 0.780. The van der Waals surface area contributed by atoms with Gasteiger partial charge in [0.05, 0.1) is 12.7 Å². The zero-order valence-corrected chi connectivity index (χ0v) is 15.6. The van der Waals surface area contributed by atoms with Crippen LogP contribution >= 0.6 is 0 Å². The number of ether oxygens (including phenoxy) is 2. The Morgan fingerprint density at radius 2 is 1.96 bits per heavy atom. The molecule has 2 aliphatic rings. The van der Waals surface area contributed by atoms with Crippen molar-refractivity contribution in [1.82, 2.24) is 15.5 Å². The fourth-order valence-electron chi connectivity index (χ4n) is 3.47. The summed E-state index contributed by atoms with van der Waals surface area (Å²) in [6.07, 6.45) is 9.11. The third kappa shape index (κ3) is 7.36. The minimum atomic E-state index is 0.323. The molecular formula is C18H36N4O2. The number of nitrogens with zero attached hydrogens (tertiary/aromatic N) is 2. The molecule has 0 radical (unpaired) electrons. The smallest absolute Gasteiger partial charge is 0.191 e. The van der Waals surface area contributed by atoms with Crippen molar-refractivity contribution in [3.63, 3.8) is 0 Å². The Bertz CT molecular complexity index is 353. The number of nitrogens with one attached hydrogen (secondary N) is 2. The predicted octanol–water partition coefficient (Wildman–Crippen LogP) is 1.61. The summed E-state index contributed by atoms with van der Waals surface area (Å²) in [5.74, 6) is 0.883. The van der Waals surface area contributed by atoms with Crippen LogP contribution in [0.1, 0.15) is 44.9 Å². The second-order valence-corrected chi connectivity index (χ2v) is 6.91. The molecule has 1 aliphatic carbocycles. The van der Waals surface area contributed by atoms with E-state index in [2.05, 4.69) is 27.6 Å². The van der Waals surface area contributed by atoms with E-state index in [0.29, 0.717) is 6.10 Å². The molecule has 2 N–H and O–H groups in total. The number of hydrogen-bond acceptors (Lipinski definition) is 4. The number of likely N-dealkylation sites (N-methyl/N-ethyl adjacent to an activating group) is 1. The lowest BCUT2D eigenvalue weighted by molar-refractivity contribution is 0.0168. The number of aliphatic imine (C=N–C) groups is 1. The van der Waals surface area contributed by atoms with Crippen molar-refractivity contribution in [2.45, 2.75) is 57.1 Å². The third-order valence-corrected chi connectivity index (χ3v) is 5.01.